The van der Waals surface area contributed by atoms with Crippen LogP contribution in [0.25, 0.3) is 11.4 Å². The molecule has 0 N–H and O–H groups in total. The molecule has 8 heteroatoms. The minimum atomic E-state index is -0.324. The number of benzene rings is 1. The first-order valence-corrected chi connectivity index (χ1v) is 10.8. The standard InChI is InChI=1S/C23H23N5O2S/c1-17(22(29)27(2)15-18-8-4-3-5-9-18)31-23-26-25-21(19-10-6-12-24-14-19)28(23)16-20-11-7-13-30-20/h3-14,17H,15-16H2,1-2H3. The third-order valence-electron chi connectivity index (χ3n) is 4.80. The summed E-state index contributed by atoms with van der Waals surface area (Å²) >= 11 is 1.39. The van der Waals surface area contributed by atoms with Crippen LogP contribution in [0.2, 0.25) is 0 Å². The van der Waals surface area contributed by atoms with Crippen LogP contribution in [0, 0.1) is 0 Å². The first-order chi connectivity index (χ1) is 15.1. The predicted molar refractivity (Wildman–Crippen MR) is 119 cm³/mol. The van der Waals surface area contributed by atoms with E-state index in [1.807, 2.05) is 73.1 Å². The van der Waals surface area contributed by atoms with Crippen LogP contribution in [0.1, 0.15) is 18.2 Å². The molecule has 0 aliphatic carbocycles. The number of thioether (sulfide) groups is 1. The first kappa shape index (κ1) is 20.9. The van der Waals surface area contributed by atoms with Gasteiger partial charge in [0.15, 0.2) is 11.0 Å². The topological polar surface area (TPSA) is 77.0 Å². The first-order valence-electron chi connectivity index (χ1n) is 9.93. The van der Waals surface area contributed by atoms with Gasteiger partial charge in [-0.1, -0.05) is 42.1 Å². The number of amides is 1. The summed E-state index contributed by atoms with van der Waals surface area (Å²) in [7, 11) is 1.82. The van der Waals surface area contributed by atoms with Crippen molar-refractivity contribution in [3.8, 4) is 11.4 Å². The number of furan rings is 1. The lowest BCUT2D eigenvalue weighted by Gasteiger charge is -2.21. The van der Waals surface area contributed by atoms with Gasteiger partial charge in [0.2, 0.25) is 5.91 Å². The van der Waals surface area contributed by atoms with Crippen LogP contribution >= 0.6 is 11.8 Å². The Balaban J connectivity index is 1.54. The number of nitrogens with zero attached hydrogens (tertiary/aromatic N) is 5. The van der Waals surface area contributed by atoms with Crippen molar-refractivity contribution in [1.29, 1.82) is 0 Å². The molecule has 0 radical (unpaired) electrons. The van der Waals surface area contributed by atoms with Crippen molar-refractivity contribution >= 4 is 17.7 Å². The van der Waals surface area contributed by atoms with E-state index in [1.165, 1.54) is 11.8 Å². The molecule has 0 aliphatic heterocycles. The number of hydrogen-bond acceptors (Lipinski definition) is 6. The largest absolute Gasteiger partial charge is 0.467 e. The van der Waals surface area contributed by atoms with Crippen LogP contribution < -0.4 is 0 Å². The Morgan fingerprint density at radius 2 is 1.97 bits per heavy atom. The fraction of sp³-hybridized carbons (Fsp3) is 0.217. The van der Waals surface area contributed by atoms with Crippen molar-refractivity contribution in [3.05, 3.63) is 84.6 Å². The van der Waals surface area contributed by atoms with Gasteiger partial charge >= 0.3 is 0 Å². The maximum absolute atomic E-state index is 13.0. The molecule has 0 spiro atoms. The Morgan fingerprint density at radius 1 is 1.13 bits per heavy atom. The highest BCUT2D eigenvalue weighted by atomic mass is 32.2. The van der Waals surface area contributed by atoms with Crippen molar-refractivity contribution in [1.82, 2.24) is 24.6 Å². The molecular formula is C23H23N5O2S. The number of hydrogen-bond donors (Lipinski definition) is 0. The molecular weight excluding hydrogens is 410 g/mol. The van der Waals surface area contributed by atoms with E-state index in [1.54, 1.807) is 23.6 Å². The van der Waals surface area contributed by atoms with E-state index in [4.69, 9.17) is 4.42 Å². The number of carbonyl (C=O) groups is 1. The zero-order chi connectivity index (χ0) is 21.6. The van der Waals surface area contributed by atoms with Crippen LogP contribution in [0.4, 0.5) is 0 Å². The van der Waals surface area contributed by atoms with Gasteiger partial charge in [0, 0.05) is 31.5 Å². The van der Waals surface area contributed by atoms with Crippen LogP contribution in [-0.2, 0) is 17.9 Å². The van der Waals surface area contributed by atoms with E-state index in [0.29, 0.717) is 24.1 Å². The lowest BCUT2D eigenvalue weighted by Crippen LogP contribution is -2.33. The molecule has 0 aliphatic rings. The molecule has 3 heterocycles. The predicted octanol–water partition coefficient (Wildman–Crippen LogP) is 4.12. The normalized spacial score (nSPS) is 11.9. The molecule has 158 valence electrons. The second-order valence-electron chi connectivity index (χ2n) is 7.15. The van der Waals surface area contributed by atoms with Crippen LogP contribution in [0.3, 0.4) is 0 Å². The lowest BCUT2D eigenvalue weighted by molar-refractivity contribution is -0.129. The van der Waals surface area contributed by atoms with Crippen LogP contribution in [0.15, 0.2) is 82.8 Å². The summed E-state index contributed by atoms with van der Waals surface area (Å²) in [4.78, 5) is 18.9. The highest BCUT2D eigenvalue weighted by Gasteiger charge is 2.24. The van der Waals surface area contributed by atoms with Gasteiger partial charge in [-0.25, -0.2) is 0 Å². The molecule has 0 bridgehead atoms. The average molecular weight is 434 g/mol. The summed E-state index contributed by atoms with van der Waals surface area (Å²) in [5, 5.41) is 9.08. The van der Waals surface area contributed by atoms with Gasteiger partial charge in [-0.2, -0.15) is 0 Å². The second-order valence-corrected chi connectivity index (χ2v) is 8.46. The maximum Gasteiger partial charge on any atom is 0.235 e. The molecule has 1 unspecified atom stereocenters. The zero-order valence-electron chi connectivity index (χ0n) is 17.4. The minimum absolute atomic E-state index is 0.0318. The lowest BCUT2D eigenvalue weighted by atomic mass is 10.2. The Kier molecular flexibility index (Phi) is 6.47. The molecule has 0 fully saturated rings. The van der Waals surface area contributed by atoms with E-state index in [9.17, 15) is 4.79 Å². The maximum atomic E-state index is 13.0. The van der Waals surface area contributed by atoms with E-state index in [0.717, 1.165) is 16.9 Å². The summed E-state index contributed by atoms with van der Waals surface area (Å²) < 4.78 is 7.49. The number of pyridine rings is 1. The number of rotatable bonds is 8. The highest BCUT2D eigenvalue weighted by molar-refractivity contribution is 8.00. The SMILES string of the molecule is CC(Sc1nnc(-c2cccnc2)n1Cc1ccco1)C(=O)N(C)Cc1ccccc1. The van der Waals surface area contributed by atoms with Gasteiger partial charge in [-0.3, -0.25) is 14.3 Å². The molecule has 0 saturated heterocycles. The molecule has 31 heavy (non-hydrogen) atoms. The summed E-state index contributed by atoms with van der Waals surface area (Å²) in [5.41, 5.74) is 1.95. The zero-order valence-corrected chi connectivity index (χ0v) is 18.2. The highest BCUT2D eigenvalue weighted by Crippen LogP contribution is 2.28. The van der Waals surface area contributed by atoms with Gasteiger partial charge in [0.05, 0.1) is 18.1 Å². The molecule has 7 nitrogen and oxygen atoms in total. The van der Waals surface area contributed by atoms with Crippen LogP contribution in [0.5, 0.6) is 0 Å². The van der Waals surface area contributed by atoms with E-state index in [2.05, 4.69) is 15.2 Å². The van der Waals surface area contributed by atoms with Gasteiger partial charge in [0.1, 0.15) is 5.76 Å². The molecule has 3 aromatic heterocycles. The quantitative estimate of drug-likeness (QED) is 0.389. The third kappa shape index (κ3) is 5.03. The van der Waals surface area contributed by atoms with Crippen molar-refractivity contribution in [2.75, 3.05) is 7.05 Å². The molecule has 1 aromatic carbocycles. The van der Waals surface area contributed by atoms with Gasteiger partial charge < -0.3 is 9.32 Å². The average Bonchev–Trinajstić information content (AvgIpc) is 3.45. The number of aromatic nitrogens is 4. The van der Waals surface area contributed by atoms with Crippen molar-refractivity contribution in [2.45, 2.75) is 30.4 Å². The Hall–Kier alpha value is -3.39. The van der Waals surface area contributed by atoms with Crippen molar-refractivity contribution < 1.29 is 9.21 Å². The van der Waals surface area contributed by atoms with Crippen LogP contribution in [-0.4, -0.2) is 42.9 Å². The Morgan fingerprint density at radius 3 is 2.68 bits per heavy atom. The van der Waals surface area contributed by atoms with Gasteiger partial charge in [0.25, 0.3) is 0 Å². The molecule has 1 amide bonds. The van der Waals surface area contributed by atoms with E-state index in [-0.39, 0.29) is 11.2 Å². The summed E-state index contributed by atoms with van der Waals surface area (Å²) in [5.74, 6) is 1.50. The van der Waals surface area contributed by atoms with E-state index >= 15 is 0 Å². The smallest absolute Gasteiger partial charge is 0.235 e. The molecule has 4 rings (SSSR count). The fourth-order valence-corrected chi connectivity index (χ4v) is 4.20. The molecule has 0 saturated carbocycles. The molecule has 4 aromatic rings. The Labute approximate surface area is 185 Å². The van der Waals surface area contributed by atoms with Crippen molar-refractivity contribution in [3.63, 3.8) is 0 Å². The Bertz CT molecular complexity index is 1110. The van der Waals surface area contributed by atoms with Gasteiger partial charge in [-0.05, 0) is 36.8 Å². The van der Waals surface area contributed by atoms with Crippen molar-refractivity contribution in [2.24, 2.45) is 0 Å². The van der Waals surface area contributed by atoms with Gasteiger partial charge in [-0.15, -0.1) is 10.2 Å². The second kappa shape index (κ2) is 9.61. The monoisotopic (exact) mass is 433 g/mol. The summed E-state index contributed by atoms with van der Waals surface area (Å²) in [6.45, 7) is 2.92. The third-order valence-corrected chi connectivity index (χ3v) is 5.87. The minimum Gasteiger partial charge on any atom is -0.467 e. The summed E-state index contributed by atoms with van der Waals surface area (Å²) in [6.07, 6.45) is 5.11. The fourth-order valence-electron chi connectivity index (χ4n) is 3.24. The van der Waals surface area contributed by atoms with E-state index < -0.39 is 0 Å². The summed E-state index contributed by atoms with van der Waals surface area (Å²) in [6, 6.07) is 17.5. The number of carbonyl (C=O) groups excluding carboxylic acids is 1. The molecule has 1 atom stereocenters.